The first-order valence-electron chi connectivity index (χ1n) is 6.50. The molecular formula is C15H22O4. The molecule has 0 spiro atoms. The molecule has 1 saturated carbocycles. The first kappa shape index (κ1) is 15.5. The molecular weight excluding hydrogens is 244 g/mol. The summed E-state index contributed by atoms with van der Waals surface area (Å²) >= 11 is 0. The van der Waals surface area contributed by atoms with E-state index in [0.717, 1.165) is 31.3 Å². The summed E-state index contributed by atoms with van der Waals surface area (Å²) in [6.45, 7) is 7.51. The van der Waals surface area contributed by atoms with Crippen LogP contribution in [0.25, 0.3) is 0 Å². The quantitative estimate of drug-likeness (QED) is 0.293. The minimum Gasteiger partial charge on any atom is -0.468 e. The maximum Gasteiger partial charge on any atom is 0.323 e. The lowest BCUT2D eigenvalue weighted by atomic mass is 9.99. The number of esters is 2. The molecule has 1 atom stereocenters. The number of ether oxygens (including phenoxy) is 2. The van der Waals surface area contributed by atoms with Crippen LogP contribution >= 0.6 is 0 Å². The number of allylic oxidation sites excluding steroid dienone is 2. The van der Waals surface area contributed by atoms with Crippen molar-refractivity contribution in [1.82, 2.24) is 0 Å². The second-order valence-electron chi connectivity index (χ2n) is 4.96. The predicted octanol–water partition coefficient (Wildman–Crippen LogP) is 2.64. The molecule has 1 rings (SSSR count). The summed E-state index contributed by atoms with van der Waals surface area (Å²) in [6.07, 6.45) is 5.96. The van der Waals surface area contributed by atoms with Crippen LogP contribution in [0.1, 0.15) is 32.1 Å². The van der Waals surface area contributed by atoms with Gasteiger partial charge in [0.25, 0.3) is 0 Å². The number of carbonyl (C=O) groups excluding carboxylic acids is 2. The summed E-state index contributed by atoms with van der Waals surface area (Å²) in [4.78, 5) is 23.5. The SMILES string of the molecule is C=CC(=C)CCCCC1CC1(C(=O)OC)C(=O)OC. The molecule has 0 aromatic rings. The van der Waals surface area contributed by atoms with Crippen LogP contribution < -0.4 is 0 Å². The third-order valence-corrected chi connectivity index (χ3v) is 3.79. The normalized spacial score (nSPS) is 19.4. The Bertz CT molecular complexity index is 368. The lowest BCUT2D eigenvalue weighted by Gasteiger charge is -2.12. The molecule has 0 amide bonds. The summed E-state index contributed by atoms with van der Waals surface area (Å²) in [5.74, 6) is -0.899. The summed E-state index contributed by atoms with van der Waals surface area (Å²) in [6, 6.07) is 0. The lowest BCUT2D eigenvalue weighted by Crippen LogP contribution is -2.30. The van der Waals surface area contributed by atoms with E-state index in [-0.39, 0.29) is 5.92 Å². The van der Waals surface area contributed by atoms with Crippen molar-refractivity contribution in [2.24, 2.45) is 11.3 Å². The average Bonchev–Trinajstić information content (AvgIpc) is 3.17. The molecule has 0 bridgehead atoms. The molecule has 19 heavy (non-hydrogen) atoms. The number of methoxy groups -OCH3 is 2. The van der Waals surface area contributed by atoms with Crippen molar-refractivity contribution in [3.63, 3.8) is 0 Å². The summed E-state index contributed by atoms with van der Waals surface area (Å²) in [5.41, 5.74) is -0.0260. The van der Waals surface area contributed by atoms with Crippen LogP contribution in [0.5, 0.6) is 0 Å². The smallest absolute Gasteiger partial charge is 0.323 e. The van der Waals surface area contributed by atoms with E-state index >= 15 is 0 Å². The van der Waals surface area contributed by atoms with Crippen LogP contribution in [0, 0.1) is 11.3 Å². The number of carbonyl (C=O) groups is 2. The molecule has 0 aliphatic heterocycles. The highest BCUT2D eigenvalue weighted by atomic mass is 16.5. The Balaban J connectivity index is 2.44. The van der Waals surface area contributed by atoms with Crippen LogP contribution in [0.4, 0.5) is 0 Å². The van der Waals surface area contributed by atoms with Crippen molar-refractivity contribution in [2.45, 2.75) is 32.1 Å². The van der Waals surface area contributed by atoms with Crippen LogP contribution in [-0.4, -0.2) is 26.2 Å². The largest absolute Gasteiger partial charge is 0.468 e. The molecule has 0 aromatic carbocycles. The number of hydrogen-bond acceptors (Lipinski definition) is 4. The van der Waals surface area contributed by atoms with E-state index in [9.17, 15) is 9.59 Å². The Morgan fingerprint density at radius 2 is 1.84 bits per heavy atom. The van der Waals surface area contributed by atoms with Gasteiger partial charge in [0.05, 0.1) is 14.2 Å². The highest BCUT2D eigenvalue weighted by Gasteiger charge is 2.67. The van der Waals surface area contributed by atoms with Crippen LogP contribution in [0.15, 0.2) is 24.8 Å². The van der Waals surface area contributed by atoms with Crippen LogP contribution in [-0.2, 0) is 19.1 Å². The van der Waals surface area contributed by atoms with Gasteiger partial charge in [-0.25, -0.2) is 0 Å². The van der Waals surface area contributed by atoms with Gasteiger partial charge in [-0.2, -0.15) is 0 Å². The molecule has 0 N–H and O–H groups in total. The highest BCUT2D eigenvalue weighted by Crippen LogP contribution is 2.56. The zero-order valence-corrected chi connectivity index (χ0v) is 11.7. The molecule has 0 saturated heterocycles. The maximum absolute atomic E-state index is 11.7. The van der Waals surface area contributed by atoms with E-state index < -0.39 is 17.4 Å². The molecule has 106 valence electrons. The van der Waals surface area contributed by atoms with Gasteiger partial charge in [-0.3, -0.25) is 9.59 Å². The van der Waals surface area contributed by atoms with E-state index in [2.05, 4.69) is 13.2 Å². The molecule has 0 heterocycles. The molecule has 1 unspecified atom stereocenters. The molecule has 0 aromatic heterocycles. The zero-order valence-electron chi connectivity index (χ0n) is 11.7. The fraction of sp³-hybridized carbons (Fsp3) is 0.600. The number of rotatable bonds is 8. The second-order valence-corrected chi connectivity index (χ2v) is 4.96. The van der Waals surface area contributed by atoms with E-state index in [4.69, 9.17) is 9.47 Å². The first-order chi connectivity index (χ1) is 9.02. The van der Waals surface area contributed by atoms with Crippen LogP contribution in [0.3, 0.4) is 0 Å². The zero-order chi connectivity index (χ0) is 14.5. The minimum atomic E-state index is -1.04. The van der Waals surface area contributed by atoms with Gasteiger partial charge in [0, 0.05) is 0 Å². The number of hydrogen-bond donors (Lipinski definition) is 0. The molecule has 4 heteroatoms. The third-order valence-electron chi connectivity index (χ3n) is 3.79. The van der Waals surface area contributed by atoms with Gasteiger partial charge in [-0.1, -0.05) is 31.2 Å². The van der Waals surface area contributed by atoms with Crippen LogP contribution in [0.2, 0.25) is 0 Å². The fourth-order valence-corrected chi connectivity index (χ4v) is 2.47. The van der Waals surface area contributed by atoms with Gasteiger partial charge in [0.2, 0.25) is 0 Å². The molecule has 1 aliphatic rings. The van der Waals surface area contributed by atoms with Gasteiger partial charge in [-0.05, 0) is 31.6 Å². The molecule has 0 radical (unpaired) electrons. The summed E-state index contributed by atoms with van der Waals surface area (Å²) < 4.78 is 9.45. The van der Waals surface area contributed by atoms with Crippen molar-refractivity contribution in [2.75, 3.05) is 14.2 Å². The summed E-state index contributed by atoms with van der Waals surface area (Å²) in [5, 5.41) is 0. The Labute approximate surface area is 114 Å². The highest BCUT2D eigenvalue weighted by molar-refractivity contribution is 6.03. The predicted molar refractivity (Wildman–Crippen MR) is 72.4 cm³/mol. The van der Waals surface area contributed by atoms with Gasteiger partial charge in [-0.15, -0.1) is 0 Å². The van der Waals surface area contributed by atoms with Gasteiger partial charge in [0.1, 0.15) is 0 Å². The second kappa shape index (κ2) is 6.55. The molecule has 4 nitrogen and oxygen atoms in total. The van der Waals surface area contributed by atoms with E-state index in [1.54, 1.807) is 6.08 Å². The maximum atomic E-state index is 11.7. The van der Waals surface area contributed by atoms with Gasteiger partial charge in [0.15, 0.2) is 5.41 Å². The van der Waals surface area contributed by atoms with Crippen molar-refractivity contribution < 1.29 is 19.1 Å². The minimum absolute atomic E-state index is 0.0457. The monoisotopic (exact) mass is 266 g/mol. The van der Waals surface area contributed by atoms with Crippen molar-refractivity contribution in [3.8, 4) is 0 Å². The Kier molecular flexibility index (Phi) is 5.33. The van der Waals surface area contributed by atoms with Crippen molar-refractivity contribution in [1.29, 1.82) is 0 Å². The average molecular weight is 266 g/mol. The topological polar surface area (TPSA) is 52.6 Å². The van der Waals surface area contributed by atoms with Gasteiger partial charge >= 0.3 is 11.9 Å². The van der Waals surface area contributed by atoms with Gasteiger partial charge < -0.3 is 9.47 Å². The van der Waals surface area contributed by atoms with Crippen molar-refractivity contribution >= 4 is 11.9 Å². The van der Waals surface area contributed by atoms with E-state index in [0.29, 0.717) is 6.42 Å². The number of unbranched alkanes of at least 4 members (excludes halogenated alkanes) is 1. The molecule has 1 aliphatic carbocycles. The third kappa shape index (κ3) is 3.25. The first-order valence-corrected chi connectivity index (χ1v) is 6.50. The van der Waals surface area contributed by atoms with E-state index in [1.165, 1.54) is 14.2 Å². The lowest BCUT2D eigenvalue weighted by molar-refractivity contribution is -0.162. The Hall–Kier alpha value is -1.58. The van der Waals surface area contributed by atoms with E-state index in [1.807, 2.05) is 0 Å². The fourth-order valence-electron chi connectivity index (χ4n) is 2.47. The molecule has 1 fully saturated rings. The standard InChI is InChI=1S/C15H22O4/c1-5-11(2)8-6-7-9-12-10-15(12,13(16)18-3)14(17)19-4/h5,12H,1-2,6-10H2,3-4H3. The summed E-state index contributed by atoms with van der Waals surface area (Å²) in [7, 11) is 2.60. The Morgan fingerprint density at radius 1 is 1.26 bits per heavy atom. The van der Waals surface area contributed by atoms with Crippen molar-refractivity contribution in [3.05, 3.63) is 24.8 Å². The Morgan fingerprint density at radius 3 is 2.32 bits per heavy atom.